The summed E-state index contributed by atoms with van der Waals surface area (Å²) >= 11 is 6.00. The predicted molar refractivity (Wildman–Crippen MR) is 61.1 cm³/mol. The van der Waals surface area contributed by atoms with Gasteiger partial charge in [0, 0.05) is 17.9 Å². The maximum atomic E-state index is 6.00. The number of hydrogen-bond donors (Lipinski definition) is 0. The minimum Gasteiger partial charge on any atom is -0.373 e. The number of aromatic nitrogens is 2. The van der Waals surface area contributed by atoms with E-state index in [1.54, 1.807) is 0 Å². The van der Waals surface area contributed by atoms with Gasteiger partial charge < -0.3 is 4.74 Å². The Morgan fingerprint density at radius 3 is 2.60 bits per heavy atom. The molecule has 84 valence electrons. The van der Waals surface area contributed by atoms with Crippen LogP contribution in [-0.2, 0) is 17.8 Å². The second-order valence-corrected chi connectivity index (χ2v) is 3.77. The first-order valence-corrected chi connectivity index (χ1v) is 5.66. The van der Waals surface area contributed by atoms with Crippen LogP contribution in [0.4, 0.5) is 0 Å². The van der Waals surface area contributed by atoms with Gasteiger partial charge in [-0.3, -0.25) is 0 Å². The molecule has 15 heavy (non-hydrogen) atoms. The van der Waals surface area contributed by atoms with Gasteiger partial charge in [0.2, 0.25) is 0 Å². The summed E-state index contributed by atoms with van der Waals surface area (Å²) in [6, 6.07) is 0. The molecule has 0 spiro atoms. The summed E-state index contributed by atoms with van der Waals surface area (Å²) in [5, 5.41) is 0.539. The van der Waals surface area contributed by atoms with Crippen LogP contribution < -0.4 is 0 Å². The highest BCUT2D eigenvalue weighted by Crippen LogP contribution is 2.16. The lowest BCUT2D eigenvalue weighted by atomic mass is 10.2. The molecule has 0 atom stereocenters. The largest absolute Gasteiger partial charge is 0.373 e. The highest BCUT2D eigenvalue weighted by atomic mass is 35.5. The van der Waals surface area contributed by atoms with E-state index in [1.807, 2.05) is 6.92 Å². The van der Waals surface area contributed by atoms with Crippen molar-refractivity contribution in [1.29, 1.82) is 0 Å². The van der Waals surface area contributed by atoms with Crippen molar-refractivity contribution in [2.45, 2.75) is 40.2 Å². The van der Waals surface area contributed by atoms with E-state index in [-0.39, 0.29) is 0 Å². The standard InChI is InChI=1S/C11H17ClN2O/c1-4-6-15-7-10-13-9(5-2)8(3)11(12)14-10/h4-7H2,1-3H3. The molecule has 1 rings (SSSR count). The van der Waals surface area contributed by atoms with E-state index in [1.165, 1.54) is 0 Å². The van der Waals surface area contributed by atoms with Crippen LogP contribution in [0.3, 0.4) is 0 Å². The number of hydrogen-bond acceptors (Lipinski definition) is 3. The summed E-state index contributed by atoms with van der Waals surface area (Å²) in [4.78, 5) is 8.59. The van der Waals surface area contributed by atoms with Crippen LogP contribution in [0.15, 0.2) is 0 Å². The molecule has 0 aliphatic carbocycles. The van der Waals surface area contributed by atoms with Crippen LogP contribution >= 0.6 is 11.6 Å². The minimum absolute atomic E-state index is 0.445. The van der Waals surface area contributed by atoms with Crippen molar-refractivity contribution in [1.82, 2.24) is 9.97 Å². The van der Waals surface area contributed by atoms with Gasteiger partial charge >= 0.3 is 0 Å². The normalized spacial score (nSPS) is 10.7. The van der Waals surface area contributed by atoms with Gasteiger partial charge in [0.1, 0.15) is 11.8 Å². The number of rotatable bonds is 5. The van der Waals surface area contributed by atoms with Gasteiger partial charge in [-0.2, -0.15) is 0 Å². The molecule has 0 saturated heterocycles. The van der Waals surface area contributed by atoms with Crippen LogP contribution in [0.25, 0.3) is 0 Å². The molecule has 3 nitrogen and oxygen atoms in total. The van der Waals surface area contributed by atoms with E-state index in [0.29, 0.717) is 17.6 Å². The molecule has 0 bridgehead atoms. The quantitative estimate of drug-likeness (QED) is 0.574. The van der Waals surface area contributed by atoms with E-state index >= 15 is 0 Å². The fraction of sp³-hybridized carbons (Fsp3) is 0.636. The molecule has 0 amide bonds. The third-order valence-corrected chi connectivity index (χ3v) is 2.52. The second kappa shape index (κ2) is 6.03. The van der Waals surface area contributed by atoms with Gasteiger partial charge in [0.05, 0.1) is 0 Å². The minimum atomic E-state index is 0.445. The lowest BCUT2D eigenvalue weighted by Gasteiger charge is -2.07. The molecule has 1 aromatic heterocycles. The lowest BCUT2D eigenvalue weighted by molar-refractivity contribution is 0.116. The van der Waals surface area contributed by atoms with Gasteiger partial charge in [-0.25, -0.2) is 9.97 Å². The van der Waals surface area contributed by atoms with Gasteiger partial charge in [0.25, 0.3) is 0 Å². The molecule has 1 heterocycles. The van der Waals surface area contributed by atoms with Crippen molar-refractivity contribution in [3.8, 4) is 0 Å². The Bertz CT molecular complexity index is 329. The molecule has 0 fully saturated rings. The molecule has 0 saturated carbocycles. The van der Waals surface area contributed by atoms with Gasteiger partial charge in [-0.1, -0.05) is 25.4 Å². The van der Waals surface area contributed by atoms with Crippen molar-refractivity contribution >= 4 is 11.6 Å². The summed E-state index contributed by atoms with van der Waals surface area (Å²) in [7, 11) is 0. The first-order chi connectivity index (χ1) is 7.19. The van der Waals surface area contributed by atoms with Crippen LogP contribution in [0, 0.1) is 6.92 Å². The average molecular weight is 229 g/mol. The molecule has 0 aliphatic heterocycles. The van der Waals surface area contributed by atoms with Gasteiger partial charge in [-0.15, -0.1) is 0 Å². The van der Waals surface area contributed by atoms with E-state index < -0.39 is 0 Å². The Kier molecular flexibility index (Phi) is 4.99. The monoisotopic (exact) mass is 228 g/mol. The predicted octanol–water partition coefficient (Wildman–Crippen LogP) is 2.93. The SMILES string of the molecule is CCCOCc1nc(Cl)c(C)c(CC)n1. The second-order valence-electron chi connectivity index (χ2n) is 3.41. The Morgan fingerprint density at radius 1 is 1.27 bits per heavy atom. The van der Waals surface area contributed by atoms with Crippen LogP contribution in [0.1, 0.15) is 37.4 Å². The number of halogens is 1. The van der Waals surface area contributed by atoms with Crippen molar-refractivity contribution in [3.63, 3.8) is 0 Å². The highest BCUT2D eigenvalue weighted by Gasteiger charge is 2.07. The molecular formula is C11H17ClN2O. The average Bonchev–Trinajstić information content (AvgIpc) is 2.23. The van der Waals surface area contributed by atoms with Crippen molar-refractivity contribution < 1.29 is 4.74 Å². The molecule has 0 aliphatic rings. The summed E-state index contributed by atoms with van der Waals surface area (Å²) in [5.74, 6) is 0.677. The van der Waals surface area contributed by atoms with E-state index in [4.69, 9.17) is 16.3 Å². The smallest absolute Gasteiger partial charge is 0.155 e. The summed E-state index contributed by atoms with van der Waals surface area (Å²) in [6.07, 6.45) is 1.87. The zero-order valence-electron chi connectivity index (χ0n) is 9.51. The topological polar surface area (TPSA) is 35.0 Å². The zero-order chi connectivity index (χ0) is 11.3. The maximum Gasteiger partial charge on any atom is 0.155 e. The van der Waals surface area contributed by atoms with Crippen LogP contribution in [0.2, 0.25) is 5.15 Å². The Hall–Kier alpha value is -0.670. The number of ether oxygens (including phenoxy) is 1. The first kappa shape index (κ1) is 12.4. The fourth-order valence-electron chi connectivity index (χ4n) is 1.30. The molecular weight excluding hydrogens is 212 g/mol. The summed E-state index contributed by atoms with van der Waals surface area (Å²) in [5.41, 5.74) is 1.98. The molecule has 0 unspecified atom stereocenters. The Labute approximate surface area is 95.8 Å². The van der Waals surface area contributed by atoms with Gasteiger partial charge in [-0.05, 0) is 19.8 Å². The highest BCUT2D eigenvalue weighted by molar-refractivity contribution is 6.30. The van der Waals surface area contributed by atoms with Crippen molar-refractivity contribution in [2.24, 2.45) is 0 Å². The molecule has 0 radical (unpaired) electrons. The maximum absolute atomic E-state index is 6.00. The van der Waals surface area contributed by atoms with Gasteiger partial charge in [0.15, 0.2) is 5.82 Å². The molecule has 1 aromatic rings. The molecule has 0 aromatic carbocycles. The fourth-order valence-corrected chi connectivity index (χ4v) is 1.50. The van der Waals surface area contributed by atoms with Crippen molar-refractivity contribution in [2.75, 3.05) is 6.61 Å². The van der Waals surface area contributed by atoms with Crippen LogP contribution in [0.5, 0.6) is 0 Å². The summed E-state index contributed by atoms with van der Waals surface area (Å²) < 4.78 is 5.38. The first-order valence-electron chi connectivity index (χ1n) is 5.28. The Balaban J connectivity index is 2.77. The molecule has 0 N–H and O–H groups in total. The van der Waals surface area contributed by atoms with E-state index in [0.717, 1.165) is 30.7 Å². The lowest BCUT2D eigenvalue weighted by Crippen LogP contribution is -2.05. The number of aryl methyl sites for hydroxylation is 1. The molecule has 4 heteroatoms. The number of nitrogens with zero attached hydrogens (tertiary/aromatic N) is 2. The Morgan fingerprint density at radius 2 is 2.00 bits per heavy atom. The van der Waals surface area contributed by atoms with E-state index in [9.17, 15) is 0 Å². The van der Waals surface area contributed by atoms with Crippen molar-refractivity contribution in [3.05, 3.63) is 22.2 Å². The third-order valence-electron chi connectivity index (χ3n) is 2.15. The summed E-state index contributed by atoms with van der Waals surface area (Å²) in [6.45, 7) is 7.25. The zero-order valence-corrected chi connectivity index (χ0v) is 10.3. The van der Waals surface area contributed by atoms with Crippen LogP contribution in [-0.4, -0.2) is 16.6 Å². The van der Waals surface area contributed by atoms with E-state index in [2.05, 4.69) is 23.8 Å². The third kappa shape index (κ3) is 3.43.